The lowest BCUT2D eigenvalue weighted by Gasteiger charge is -2.14. The Kier molecular flexibility index (Phi) is 5.61. The van der Waals surface area contributed by atoms with Gasteiger partial charge in [-0.2, -0.15) is 0 Å². The second-order valence-electron chi connectivity index (χ2n) is 6.48. The van der Waals surface area contributed by atoms with Gasteiger partial charge in [-0.05, 0) is 48.7 Å². The van der Waals surface area contributed by atoms with Gasteiger partial charge in [0.25, 0.3) is 5.56 Å². The smallest absolute Gasteiger partial charge is 0.265 e. The number of hydrogen-bond acceptors (Lipinski definition) is 4. The van der Waals surface area contributed by atoms with E-state index in [-0.39, 0.29) is 16.6 Å². The summed E-state index contributed by atoms with van der Waals surface area (Å²) in [7, 11) is 0. The summed E-state index contributed by atoms with van der Waals surface area (Å²) in [6.07, 6.45) is 3.50. The van der Waals surface area contributed by atoms with Crippen LogP contribution in [0.1, 0.15) is 5.56 Å². The molecule has 0 bridgehead atoms. The molecule has 0 radical (unpaired) electrons. The Morgan fingerprint density at radius 1 is 1.07 bits per heavy atom. The molecule has 0 unspecified atom stereocenters. The number of halogens is 2. The number of aromatic hydroxyl groups is 1. The summed E-state index contributed by atoms with van der Waals surface area (Å²) in [5, 5.41) is 12.0. The van der Waals surface area contributed by atoms with Crippen molar-refractivity contribution in [1.82, 2.24) is 4.57 Å². The number of pyridine rings is 1. The molecule has 1 heterocycles. The van der Waals surface area contributed by atoms with Gasteiger partial charge in [0.15, 0.2) is 0 Å². The van der Waals surface area contributed by atoms with Gasteiger partial charge < -0.3 is 5.11 Å². The lowest BCUT2D eigenvalue weighted by molar-refractivity contribution is 0.436. The van der Waals surface area contributed by atoms with Crippen molar-refractivity contribution in [2.75, 3.05) is 6.26 Å². The van der Waals surface area contributed by atoms with E-state index in [0.717, 1.165) is 15.5 Å². The van der Waals surface area contributed by atoms with Crippen molar-refractivity contribution in [2.45, 2.75) is 4.90 Å². The first-order valence-corrected chi connectivity index (χ1v) is 10.6. The van der Waals surface area contributed by atoms with Gasteiger partial charge in [-0.25, -0.2) is 8.96 Å². The molecule has 4 nitrogen and oxygen atoms in total. The van der Waals surface area contributed by atoms with E-state index in [9.17, 15) is 14.3 Å². The van der Waals surface area contributed by atoms with Crippen LogP contribution in [0, 0.1) is 5.82 Å². The molecule has 0 atom stereocenters. The maximum absolute atomic E-state index is 13.5. The van der Waals surface area contributed by atoms with Crippen molar-refractivity contribution < 1.29 is 9.50 Å². The SMILES string of the molecule is CSc1cccc(N=Cc2c(O)n(-c3ccc(F)cc3Cl)c(=O)c3ccccc23)c1. The third kappa shape index (κ3) is 3.72. The first-order chi connectivity index (χ1) is 14.5. The largest absolute Gasteiger partial charge is 0.494 e. The Balaban J connectivity index is 1.97. The molecule has 30 heavy (non-hydrogen) atoms. The number of aromatic nitrogens is 1. The molecule has 0 aliphatic carbocycles. The number of thioether (sulfide) groups is 1. The lowest BCUT2D eigenvalue weighted by Crippen LogP contribution is -2.20. The fourth-order valence-electron chi connectivity index (χ4n) is 3.21. The van der Waals surface area contributed by atoms with Crippen LogP contribution in [-0.2, 0) is 0 Å². The summed E-state index contributed by atoms with van der Waals surface area (Å²) in [5.74, 6) is -0.857. The molecule has 3 aromatic carbocycles. The highest BCUT2D eigenvalue weighted by Gasteiger charge is 2.18. The summed E-state index contributed by atoms with van der Waals surface area (Å²) in [4.78, 5) is 18.6. The molecule has 150 valence electrons. The maximum atomic E-state index is 13.5. The van der Waals surface area contributed by atoms with Crippen LogP contribution in [0.4, 0.5) is 10.1 Å². The maximum Gasteiger partial charge on any atom is 0.265 e. The van der Waals surface area contributed by atoms with Crippen LogP contribution in [0.3, 0.4) is 0 Å². The number of benzene rings is 3. The van der Waals surface area contributed by atoms with Crippen LogP contribution < -0.4 is 5.56 Å². The second-order valence-corrected chi connectivity index (χ2v) is 7.77. The molecule has 1 N–H and O–H groups in total. The van der Waals surface area contributed by atoms with E-state index in [4.69, 9.17) is 11.6 Å². The van der Waals surface area contributed by atoms with E-state index < -0.39 is 11.4 Å². The Morgan fingerprint density at radius 2 is 1.83 bits per heavy atom. The number of rotatable bonds is 4. The van der Waals surface area contributed by atoms with Crippen molar-refractivity contribution in [3.8, 4) is 11.6 Å². The summed E-state index contributed by atoms with van der Waals surface area (Å²) >= 11 is 7.77. The highest BCUT2D eigenvalue weighted by atomic mass is 35.5. The van der Waals surface area contributed by atoms with Crippen LogP contribution in [0.2, 0.25) is 5.02 Å². The summed E-state index contributed by atoms with van der Waals surface area (Å²) in [6.45, 7) is 0. The van der Waals surface area contributed by atoms with E-state index in [1.165, 1.54) is 18.3 Å². The third-order valence-electron chi connectivity index (χ3n) is 4.65. The Morgan fingerprint density at radius 3 is 2.57 bits per heavy atom. The molecule has 1 aromatic heterocycles. The zero-order chi connectivity index (χ0) is 21.3. The minimum Gasteiger partial charge on any atom is -0.494 e. The molecule has 0 aliphatic heterocycles. The zero-order valence-corrected chi connectivity index (χ0v) is 17.4. The minimum absolute atomic E-state index is 0.0123. The van der Waals surface area contributed by atoms with Crippen LogP contribution in [-0.4, -0.2) is 22.1 Å². The fraction of sp³-hybridized carbons (Fsp3) is 0.0435. The standard InChI is InChI=1S/C23H16ClFN2O2S/c1-30-16-6-4-5-15(12-16)26-13-19-17-7-2-3-8-18(17)22(28)27(23(19)29)21-10-9-14(25)11-20(21)24/h2-13,29H,1H3. The quantitative estimate of drug-likeness (QED) is 0.316. The summed E-state index contributed by atoms with van der Waals surface area (Å²) < 4.78 is 14.6. The topological polar surface area (TPSA) is 54.6 Å². The first-order valence-electron chi connectivity index (χ1n) is 9.00. The van der Waals surface area contributed by atoms with Gasteiger partial charge in [-0.3, -0.25) is 9.79 Å². The third-order valence-corrected chi connectivity index (χ3v) is 5.68. The van der Waals surface area contributed by atoms with Crippen LogP contribution >= 0.6 is 23.4 Å². The van der Waals surface area contributed by atoms with Gasteiger partial charge in [0, 0.05) is 21.9 Å². The van der Waals surface area contributed by atoms with Crippen LogP contribution in [0.25, 0.3) is 16.5 Å². The van der Waals surface area contributed by atoms with Gasteiger partial charge >= 0.3 is 0 Å². The van der Waals surface area contributed by atoms with Crippen LogP contribution in [0.15, 0.2) is 81.4 Å². The number of fused-ring (bicyclic) bond motifs is 1. The van der Waals surface area contributed by atoms with E-state index in [1.54, 1.807) is 36.0 Å². The summed E-state index contributed by atoms with van der Waals surface area (Å²) in [6, 6.07) is 18.2. The number of aliphatic imine (C=N–C) groups is 1. The number of nitrogens with zero attached hydrogens (tertiary/aromatic N) is 2. The van der Waals surface area contributed by atoms with Crippen molar-refractivity contribution in [3.63, 3.8) is 0 Å². The van der Waals surface area contributed by atoms with E-state index >= 15 is 0 Å². The van der Waals surface area contributed by atoms with Gasteiger partial charge in [0.2, 0.25) is 5.88 Å². The molecule has 0 fully saturated rings. The molecule has 0 amide bonds. The van der Waals surface area contributed by atoms with E-state index in [1.807, 2.05) is 30.5 Å². The van der Waals surface area contributed by atoms with Gasteiger partial charge in [-0.1, -0.05) is 35.9 Å². The minimum atomic E-state index is -0.535. The predicted molar refractivity (Wildman–Crippen MR) is 122 cm³/mol. The summed E-state index contributed by atoms with van der Waals surface area (Å²) in [5.41, 5.74) is 0.798. The normalized spacial score (nSPS) is 11.4. The van der Waals surface area contributed by atoms with Crippen LogP contribution in [0.5, 0.6) is 5.88 Å². The monoisotopic (exact) mass is 438 g/mol. The second kappa shape index (κ2) is 8.34. The van der Waals surface area contributed by atoms with Crippen molar-refractivity contribution >= 4 is 46.0 Å². The fourth-order valence-corrected chi connectivity index (χ4v) is 3.91. The van der Waals surface area contributed by atoms with E-state index in [2.05, 4.69) is 4.99 Å². The molecule has 0 aliphatic rings. The van der Waals surface area contributed by atoms with Crippen molar-refractivity contribution in [1.29, 1.82) is 0 Å². The Hall–Kier alpha value is -3.09. The van der Waals surface area contributed by atoms with Gasteiger partial charge in [0.1, 0.15) is 5.82 Å². The predicted octanol–water partition coefficient (Wildman–Crippen LogP) is 5.96. The lowest BCUT2D eigenvalue weighted by atomic mass is 10.1. The van der Waals surface area contributed by atoms with E-state index in [0.29, 0.717) is 22.0 Å². The molecule has 0 saturated heterocycles. The molecular formula is C23H16ClFN2O2S. The Bertz CT molecular complexity index is 1350. The first kappa shape index (κ1) is 20.2. The zero-order valence-electron chi connectivity index (χ0n) is 15.8. The molecule has 0 spiro atoms. The van der Waals surface area contributed by atoms with Gasteiger partial charge in [-0.15, -0.1) is 11.8 Å². The number of hydrogen-bond donors (Lipinski definition) is 1. The average molecular weight is 439 g/mol. The highest BCUT2D eigenvalue weighted by Crippen LogP contribution is 2.30. The molecule has 4 rings (SSSR count). The molecule has 4 aromatic rings. The highest BCUT2D eigenvalue weighted by molar-refractivity contribution is 7.98. The molecule has 0 saturated carbocycles. The molecular weight excluding hydrogens is 423 g/mol. The van der Waals surface area contributed by atoms with Crippen molar-refractivity contribution in [2.24, 2.45) is 4.99 Å². The van der Waals surface area contributed by atoms with Gasteiger partial charge in [0.05, 0.1) is 22.0 Å². The average Bonchev–Trinajstić information content (AvgIpc) is 2.75. The molecule has 7 heteroatoms. The van der Waals surface area contributed by atoms with Crippen molar-refractivity contribution in [3.05, 3.63) is 93.5 Å². The Labute approximate surface area is 181 Å².